The van der Waals surface area contributed by atoms with Crippen molar-refractivity contribution in [2.24, 2.45) is 4.99 Å². The first-order valence-electron chi connectivity index (χ1n) is 9.08. The monoisotopic (exact) mass is 505 g/mol. The molecule has 0 fully saturated rings. The van der Waals surface area contributed by atoms with Crippen molar-refractivity contribution in [3.05, 3.63) is 47.5 Å². The average Bonchev–Trinajstić information content (AvgIpc) is 3.05. The Morgan fingerprint density at radius 2 is 2.00 bits per heavy atom. The number of benzene rings is 1. The van der Waals surface area contributed by atoms with E-state index in [1.54, 1.807) is 11.8 Å². The number of hydrogen-bond donors (Lipinski definition) is 3. The van der Waals surface area contributed by atoms with Crippen LogP contribution in [-0.4, -0.2) is 41.5 Å². The number of aliphatic imine (C=N–C) groups is 1. The lowest BCUT2D eigenvalue weighted by Crippen LogP contribution is -2.38. The Labute approximate surface area is 182 Å². The van der Waals surface area contributed by atoms with Crippen molar-refractivity contribution in [1.82, 2.24) is 20.8 Å². The Kier molecular flexibility index (Phi) is 12.2. The van der Waals surface area contributed by atoms with Crippen molar-refractivity contribution in [3.8, 4) is 0 Å². The van der Waals surface area contributed by atoms with E-state index in [4.69, 9.17) is 0 Å². The zero-order valence-corrected chi connectivity index (χ0v) is 19.1. The second-order valence-electron chi connectivity index (χ2n) is 5.97. The predicted octanol–water partition coefficient (Wildman–Crippen LogP) is 4.15. The first-order valence-corrected chi connectivity index (χ1v) is 10.1. The summed E-state index contributed by atoms with van der Waals surface area (Å²) in [7, 11) is 0. The molecule has 1 aromatic carbocycles. The van der Waals surface area contributed by atoms with Crippen molar-refractivity contribution in [3.63, 3.8) is 0 Å². The molecular formula is C19H29FIN5S. The third kappa shape index (κ3) is 9.46. The van der Waals surface area contributed by atoms with Crippen LogP contribution in [0.3, 0.4) is 0 Å². The van der Waals surface area contributed by atoms with Crippen LogP contribution in [0.25, 0.3) is 0 Å². The number of H-pyrrole nitrogens is 1. The molecule has 0 saturated heterocycles. The van der Waals surface area contributed by atoms with E-state index in [2.05, 4.69) is 32.7 Å². The number of rotatable bonds is 10. The molecule has 3 N–H and O–H groups in total. The molecule has 0 spiro atoms. The Morgan fingerprint density at radius 3 is 2.67 bits per heavy atom. The number of nitrogens with one attached hydrogen (secondary N) is 3. The van der Waals surface area contributed by atoms with Gasteiger partial charge in [-0.25, -0.2) is 4.39 Å². The largest absolute Gasteiger partial charge is 0.357 e. The van der Waals surface area contributed by atoms with E-state index in [1.807, 2.05) is 25.3 Å². The highest BCUT2D eigenvalue weighted by Crippen LogP contribution is 2.18. The molecule has 1 aromatic heterocycles. The van der Waals surface area contributed by atoms with E-state index >= 15 is 0 Å². The lowest BCUT2D eigenvalue weighted by molar-refractivity contribution is 0.626. The lowest BCUT2D eigenvalue weighted by Gasteiger charge is -2.11. The predicted molar refractivity (Wildman–Crippen MR) is 123 cm³/mol. The fraction of sp³-hybridized carbons (Fsp3) is 0.474. The van der Waals surface area contributed by atoms with Crippen LogP contribution in [0.15, 0.2) is 40.4 Å². The van der Waals surface area contributed by atoms with Gasteiger partial charge in [0.1, 0.15) is 5.82 Å². The second kappa shape index (κ2) is 13.8. The van der Waals surface area contributed by atoms with Crippen LogP contribution in [0.5, 0.6) is 0 Å². The summed E-state index contributed by atoms with van der Waals surface area (Å²) in [5, 5.41) is 13.7. The minimum atomic E-state index is -0.191. The van der Waals surface area contributed by atoms with E-state index < -0.39 is 0 Å². The van der Waals surface area contributed by atoms with Gasteiger partial charge in [-0.05, 0) is 68.7 Å². The smallest absolute Gasteiger partial charge is 0.191 e. The molecular weight excluding hydrogens is 476 g/mol. The molecule has 2 aromatic rings. The van der Waals surface area contributed by atoms with E-state index in [1.165, 1.54) is 17.7 Å². The van der Waals surface area contributed by atoms with Gasteiger partial charge in [-0.15, -0.1) is 35.7 Å². The van der Waals surface area contributed by atoms with Crippen molar-refractivity contribution in [1.29, 1.82) is 0 Å². The van der Waals surface area contributed by atoms with Crippen LogP contribution in [-0.2, 0) is 6.42 Å². The maximum absolute atomic E-state index is 12.9. The average molecular weight is 505 g/mol. The number of guanidine groups is 1. The molecule has 0 radical (unpaired) electrons. The van der Waals surface area contributed by atoms with Crippen molar-refractivity contribution in [2.45, 2.75) is 38.0 Å². The maximum atomic E-state index is 12.9. The van der Waals surface area contributed by atoms with E-state index in [9.17, 15) is 4.39 Å². The number of aromatic nitrogens is 2. The third-order valence-electron chi connectivity index (χ3n) is 3.85. The van der Waals surface area contributed by atoms with Crippen LogP contribution in [0.1, 0.15) is 31.0 Å². The highest BCUT2D eigenvalue weighted by atomic mass is 127. The fourth-order valence-electron chi connectivity index (χ4n) is 2.43. The van der Waals surface area contributed by atoms with Gasteiger partial charge < -0.3 is 10.6 Å². The van der Waals surface area contributed by atoms with Gasteiger partial charge in [-0.1, -0.05) is 0 Å². The molecule has 150 valence electrons. The molecule has 0 aliphatic carbocycles. The molecule has 0 aliphatic rings. The highest BCUT2D eigenvalue weighted by molar-refractivity contribution is 14.0. The molecule has 5 nitrogen and oxygen atoms in total. The quantitative estimate of drug-likeness (QED) is 0.149. The Hall–Kier alpha value is -1.29. The highest BCUT2D eigenvalue weighted by Gasteiger charge is 2.01. The minimum Gasteiger partial charge on any atom is -0.357 e. The zero-order valence-electron chi connectivity index (χ0n) is 15.9. The number of nitrogens with zero attached hydrogens (tertiary/aromatic N) is 2. The maximum Gasteiger partial charge on any atom is 0.191 e. The summed E-state index contributed by atoms with van der Waals surface area (Å²) in [6.45, 7) is 6.60. The zero-order chi connectivity index (χ0) is 18.6. The van der Waals surface area contributed by atoms with Crippen molar-refractivity contribution < 1.29 is 4.39 Å². The van der Waals surface area contributed by atoms with E-state index in [0.29, 0.717) is 0 Å². The Morgan fingerprint density at radius 1 is 1.22 bits per heavy atom. The summed E-state index contributed by atoms with van der Waals surface area (Å²) < 4.78 is 12.9. The molecule has 0 atom stereocenters. The molecule has 0 bridgehead atoms. The minimum absolute atomic E-state index is 0. The van der Waals surface area contributed by atoms with Crippen LogP contribution in [0, 0.1) is 12.7 Å². The van der Waals surface area contributed by atoms with Gasteiger partial charge in [0.05, 0.1) is 6.20 Å². The Balaban J connectivity index is 0.00000364. The summed E-state index contributed by atoms with van der Waals surface area (Å²) in [5.41, 5.74) is 2.41. The fourth-order valence-corrected chi connectivity index (χ4v) is 3.27. The molecule has 8 heteroatoms. The molecule has 0 amide bonds. The van der Waals surface area contributed by atoms with Gasteiger partial charge in [0.25, 0.3) is 0 Å². The normalized spacial score (nSPS) is 11.1. The summed E-state index contributed by atoms with van der Waals surface area (Å²) in [6, 6.07) is 6.63. The molecule has 0 saturated carbocycles. The third-order valence-corrected chi connectivity index (χ3v) is 4.95. The Bertz CT molecular complexity index is 675. The van der Waals surface area contributed by atoms with Gasteiger partial charge in [0.2, 0.25) is 0 Å². The van der Waals surface area contributed by atoms with Gasteiger partial charge in [0.15, 0.2) is 5.96 Å². The SMILES string of the molecule is CCNC(=NCCCSc1ccc(F)cc1)NCCCc1cn[nH]c1C.I. The first-order chi connectivity index (χ1) is 12.7. The van der Waals surface area contributed by atoms with Crippen LogP contribution in [0.2, 0.25) is 0 Å². The van der Waals surface area contributed by atoms with Gasteiger partial charge in [-0.2, -0.15) is 5.10 Å². The van der Waals surface area contributed by atoms with Gasteiger partial charge in [-0.3, -0.25) is 10.1 Å². The van der Waals surface area contributed by atoms with Crippen molar-refractivity contribution >= 4 is 41.7 Å². The number of halogens is 2. The van der Waals surface area contributed by atoms with E-state index in [0.717, 1.165) is 61.2 Å². The van der Waals surface area contributed by atoms with Crippen LogP contribution in [0.4, 0.5) is 4.39 Å². The summed E-state index contributed by atoms with van der Waals surface area (Å²) in [4.78, 5) is 5.71. The van der Waals surface area contributed by atoms with Gasteiger partial charge in [0, 0.05) is 30.2 Å². The van der Waals surface area contributed by atoms with Crippen LogP contribution < -0.4 is 10.6 Å². The summed E-state index contributed by atoms with van der Waals surface area (Å²) in [5.74, 6) is 1.64. The number of aromatic amines is 1. The summed E-state index contributed by atoms with van der Waals surface area (Å²) >= 11 is 1.73. The number of thioether (sulfide) groups is 1. The molecule has 0 aliphatic heterocycles. The molecule has 0 unspecified atom stereocenters. The molecule has 27 heavy (non-hydrogen) atoms. The number of hydrogen-bond acceptors (Lipinski definition) is 3. The van der Waals surface area contributed by atoms with Crippen LogP contribution >= 0.6 is 35.7 Å². The second-order valence-corrected chi connectivity index (χ2v) is 7.14. The first kappa shape index (κ1) is 23.7. The standard InChI is InChI=1S/C19H28FN5S.HI/c1-3-21-19(22-11-4-6-16-14-24-25-15(16)2)23-12-5-13-26-18-9-7-17(20)8-10-18;/h7-10,14H,3-6,11-13H2,1-2H3,(H,24,25)(H2,21,22,23);1H. The summed E-state index contributed by atoms with van der Waals surface area (Å²) in [6.07, 6.45) is 4.91. The molecule has 1 heterocycles. The van der Waals surface area contributed by atoms with Crippen molar-refractivity contribution in [2.75, 3.05) is 25.4 Å². The topological polar surface area (TPSA) is 65.1 Å². The van der Waals surface area contributed by atoms with E-state index in [-0.39, 0.29) is 29.8 Å². The molecule has 2 rings (SSSR count). The lowest BCUT2D eigenvalue weighted by atomic mass is 10.1. The van der Waals surface area contributed by atoms with Gasteiger partial charge >= 0.3 is 0 Å². The number of aryl methyl sites for hydroxylation is 2.